The van der Waals surface area contributed by atoms with E-state index in [1.54, 1.807) is 6.20 Å². The molecule has 3 rings (SSSR count). The van der Waals surface area contributed by atoms with Crippen molar-refractivity contribution in [1.82, 2.24) is 14.7 Å². The Morgan fingerprint density at radius 3 is 3.04 bits per heavy atom. The number of ether oxygens (including phenoxy) is 1. The predicted molar refractivity (Wildman–Crippen MR) is 86.9 cm³/mol. The van der Waals surface area contributed by atoms with Crippen molar-refractivity contribution in [3.8, 4) is 0 Å². The number of hydrogen-bond acceptors (Lipinski definition) is 5. The number of benzene rings is 1. The lowest BCUT2D eigenvalue weighted by atomic mass is 9.98. The number of carbonyl (C=O) groups excluding carboxylic acids is 1. The van der Waals surface area contributed by atoms with Gasteiger partial charge in [-0.25, -0.2) is 4.68 Å². The molecule has 1 atom stereocenters. The molecule has 1 aliphatic rings. The molecule has 1 saturated heterocycles. The summed E-state index contributed by atoms with van der Waals surface area (Å²) in [7, 11) is 0. The lowest BCUT2D eigenvalue weighted by Gasteiger charge is -2.31. The highest BCUT2D eigenvalue weighted by Crippen LogP contribution is 2.18. The van der Waals surface area contributed by atoms with Gasteiger partial charge in [0.25, 0.3) is 5.56 Å². The molecular weight excluding hydrogens is 294 g/mol. The number of carbonyl (C=O) groups is 1. The molecule has 1 aromatic heterocycles. The quantitative estimate of drug-likeness (QED) is 0.802. The van der Waals surface area contributed by atoms with E-state index in [0.717, 1.165) is 24.8 Å². The number of piperidine rings is 1. The second-order valence-electron chi connectivity index (χ2n) is 5.85. The van der Waals surface area contributed by atoms with Gasteiger partial charge >= 0.3 is 5.97 Å². The zero-order chi connectivity index (χ0) is 16.2. The van der Waals surface area contributed by atoms with Gasteiger partial charge in [0.05, 0.1) is 30.8 Å². The van der Waals surface area contributed by atoms with E-state index in [4.69, 9.17) is 4.74 Å². The van der Waals surface area contributed by atoms with Gasteiger partial charge in [-0.3, -0.25) is 14.5 Å². The Morgan fingerprint density at radius 2 is 2.22 bits per heavy atom. The monoisotopic (exact) mass is 315 g/mol. The first-order valence-corrected chi connectivity index (χ1v) is 8.03. The van der Waals surface area contributed by atoms with Gasteiger partial charge < -0.3 is 4.74 Å². The third-order valence-corrected chi connectivity index (χ3v) is 4.22. The third-order valence-electron chi connectivity index (χ3n) is 4.22. The minimum Gasteiger partial charge on any atom is -0.466 e. The Labute approximate surface area is 134 Å². The van der Waals surface area contributed by atoms with Crippen LogP contribution in [0.25, 0.3) is 10.8 Å². The molecule has 0 radical (unpaired) electrons. The fourth-order valence-corrected chi connectivity index (χ4v) is 3.05. The van der Waals surface area contributed by atoms with Gasteiger partial charge in [0, 0.05) is 11.9 Å². The van der Waals surface area contributed by atoms with Crippen LogP contribution in [0.5, 0.6) is 0 Å². The summed E-state index contributed by atoms with van der Waals surface area (Å²) in [6, 6.07) is 7.44. The van der Waals surface area contributed by atoms with Crippen LogP contribution in [-0.4, -0.2) is 40.3 Å². The van der Waals surface area contributed by atoms with E-state index in [-0.39, 0.29) is 17.4 Å². The number of hydrogen-bond donors (Lipinski definition) is 0. The van der Waals surface area contributed by atoms with Gasteiger partial charge in [-0.15, -0.1) is 0 Å². The van der Waals surface area contributed by atoms with Crippen molar-refractivity contribution in [1.29, 1.82) is 0 Å². The molecule has 1 aromatic carbocycles. The van der Waals surface area contributed by atoms with Gasteiger partial charge in [-0.1, -0.05) is 18.2 Å². The molecule has 23 heavy (non-hydrogen) atoms. The van der Waals surface area contributed by atoms with Gasteiger partial charge in [-0.2, -0.15) is 5.10 Å². The number of nitrogens with zero attached hydrogens (tertiary/aromatic N) is 3. The van der Waals surface area contributed by atoms with E-state index >= 15 is 0 Å². The van der Waals surface area contributed by atoms with Crippen LogP contribution in [0.3, 0.4) is 0 Å². The predicted octanol–water partition coefficient (Wildman–Crippen LogP) is 1.63. The Kier molecular flexibility index (Phi) is 4.71. The number of esters is 1. The summed E-state index contributed by atoms with van der Waals surface area (Å²) in [4.78, 5) is 26.5. The van der Waals surface area contributed by atoms with E-state index in [1.165, 1.54) is 4.68 Å². The summed E-state index contributed by atoms with van der Waals surface area (Å²) in [5.74, 6) is -0.254. The molecule has 0 spiro atoms. The van der Waals surface area contributed by atoms with Crippen molar-refractivity contribution < 1.29 is 9.53 Å². The zero-order valence-corrected chi connectivity index (χ0v) is 13.3. The van der Waals surface area contributed by atoms with Crippen molar-refractivity contribution in [2.45, 2.75) is 26.4 Å². The molecule has 1 aliphatic heterocycles. The smallest absolute Gasteiger partial charge is 0.310 e. The molecule has 0 bridgehead atoms. The van der Waals surface area contributed by atoms with E-state index in [9.17, 15) is 9.59 Å². The first-order valence-electron chi connectivity index (χ1n) is 8.03. The highest BCUT2D eigenvalue weighted by atomic mass is 16.5. The van der Waals surface area contributed by atoms with Crippen LogP contribution in [-0.2, 0) is 16.2 Å². The second-order valence-corrected chi connectivity index (χ2v) is 5.85. The van der Waals surface area contributed by atoms with Crippen LogP contribution in [0, 0.1) is 5.92 Å². The maximum Gasteiger partial charge on any atom is 0.310 e. The Bertz CT molecular complexity index is 756. The molecule has 2 aromatic rings. The van der Waals surface area contributed by atoms with E-state index in [2.05, 4.69) is 10.00 Å². The van der Waals surface area contributed by atoms with Crippen LogP contribution in [0.2, 0.25) is 0 Å². The van der Waals surface area contributed by atoms with Gasteiger partial charge in [0.1, 0.15) is 0 Å². The minimum absolute atomic E-state index is 0.0960. The highest BCUT2D eigenvalue weighted by molar-refractivity contribution is 5.80. The average molecular weight is 315 g/mol. The maximum absolute atomic E-state index is 12.5. The zero-order valence-electron chi connectivity index (χ0n) is 13.3. The first-order chi connectivity index (χ1) is 11.2. The summed E-state index contributed by atoms with van der Waals surface area (Å²) in [6.45, 7) is 4.09. The molecule has 0 amide bonds. The van der Waals surface area contributed by atoms with Gasteiger partial charge in [0.2, 0.25) is 0 Å². The third kappa shape index (κ3) is 3.42. The van der Waals surface area contributed by atoms with Gasteiger partial charge in [-0.05, 0) is 32.4 Å². The number of rotatable bonds is 4. The van der Waals surface area contributed by atoms with Crippen molar-refractivity contribution in [3.05, 3.63) is 40.8 Å². The van der Waals surface area contributed by atoms with Crippen LogP contribution in [0.1, 0.15) is 19.8 Å². The Hall–Kier alpha value is -2.21. The summed E-state index contributed by atoms with van der Waals surface area (Å²) in [5.41, 5.74) is -0.0960. The second kappa shape index (κ2) is 6.91. The molecule has 0 unspecified atom stereocenters. The maximum atomic E-state index is 12.5. The largest absolute Gasteiger partial charge is 0.466 e. The highest BCUT2D eigenvalue weighted by Gasteiger charge is 2.27. The molecular formula is C17H21N3O3. The molecule has 1 fully saturated rings. The van der Waals surface area contributed by atoms with Gasteiger partial charge in [0.15, 0.2) is 0 Å². The van der Waals surface area contributed by atoms with Crippen molar-refractivity contribution >= 4 is 16.7 Å². The average Bonchev–Trinajstić information content (AvgIpc) is 2.58. The molecule has 2 heterocycles. The van der Waals surface area contributed by atoms with Crippen LogP contribution in [0.15, 0.2) is 35.3 Å². The van der Waals surface area contributed by atoms with Crippen molar-refractivity contribution in [2.75, 3.05) is 19.7 Å². The van der Waals surface area contributed by atoms with Crippen molar-refractivity contribution in [3.63, 3.8) is 0 Å². The minimum atomic E-state index is -0.143. The Balaban J connectivity index is 1.75. The lowest BCUT2D eigenvalue weighted by molar-refractivity contribution is -0.150. The first kappa shape index (κ1) is 15.7. The fourth-order valence-electron chi connectivity index (χ4n) is 3.05. The summed E-state index contributed by atoms with van der Waals surface area (Å²) in [5, 5.41) is 5.77. The number of aromatic nitrogens is 2. The SMILES string of the molecule is CCOC(=O)[C@H]1CCCN(Cn2ncc3ccccc3c2=O)C1. The van der Waals surface area contributed by atoms with Crippen molar-refractivity contribution in [2.24, 2.45) is 5.92 Å². The summed E-state index contributed by atoms with van der Waals surface area (Å²) >= 11 is 0. The molecule has 6 nitrogen and oxygen atoms in total. The van der Waals surface area contributed by atoms with E-state index in [1.807, 2.05) is 31.2 Å². The van der Waals surface area contributed by atoms with E-state index in [0.29, 0.717) is 25.2 Å². The topological polar surface area (TPSA) is 64.4 Å². The standard InChI is InChI=1S/C17H21N3O3/c1-2-23-17(22)14-7-5-9-19(11-14)12-20-16(21)15-8-4-3-6-13(15)10-18-20/h3-4,6,8,10,14H,2,5,7,9,11-12H2,1H3/t14-/m0/s1. The normalized spacial score (nSPS) is 18.9. The number of likely N-dealkylation sites (tertiary alicyclic amines) is 1. The molecule has 122 valence electrons. The van der Waals surface area contributed by atoms with Crippen LogP contribution < -0.4 is 5.56 Å². The van der Waals surface area contributed by atoms with Crippen LogP contribution >= 0.6 is 0 Å². The molecule has 0 saturated carbocycles. The molecule has 0 N–H and O–H groups in total. The fraction of sp³-hybridized carbons (Fsp3) is 0.471. The number of fused-ring (bicyclic) bond motifs is 1. The van der Waals surface area contributed by atoms with E-state index < -0.39 is 0 Å². The summed E-state index contributed by atoms with van der Waals surface area (Å²) < 4.78 is 6.58. The Morgan fingerprint density at radius 1 is 1.39 bits per heavy atom. The van der Waals surface area contributed by atoms with Crippen LogP contribution in [0.4, 0.5) is 0 Å². The molecule has 0 aliphatic carbocycles. The molecule has 6 heteroatoms. The summed E-state index contributed by atoms with van der Waals surface area (Å²) in [6.07, 6.45) is 3.48. The lowest BCUT2D eigenvalue weighted by Crippen LogP contribution is -2.42.